The molecule has 1 saturated carbocycles. The maximum atomic E-state index is 12.9. The van der Waals surface area contributed by atoms with E-state index in [9.17, 15) is 14.4 Å². The minimum atomic E-state index is -0.756. The van der Waals surface area contributed by atoms with E-state index in [4.69, 9.17) is 0 Å². The SMILES string of the molecule is CC#Cc1cc(C)c(C2C(=O)CC(CC(=O)NCC(C)(C)C)C2=O)c(C)c1. The summed E-state index contributed by atoms with van der Waals surface area (Å²) in [5.41, 5.74) is 3.44. The molecule has 2 atom stereocenters. The van der Waals surface area contributed by atoms with Crippen molar-refractivity contribution in [3.05, 3.63) is 34.4 Å². The first-order chi connectivity index (χ1) is 12.5. The Labute approximate surface area is 162 Å². The number of carbonyl (C=O) groups is 3. The Morgan fingerprint density at radius 1 is 1.19 bits per heavy atom. The van der Waals surface area contributed by atoms with Crippen LogP contribution in [0.5, 0.6) is 0 Å². The van der Waals surface area contributed by atoms with Crippen molar-refractivity contribution in [1.29, 1.82) is 0 Å². The summed E-state index contributed by atoms with van der Waals surface area (Å²) >= 11 is 0. The Morgan fingerprint density at radius 3 is 2.30 bits per heavy atom. The van der Waals surface area contributed by atoms with E-state index >= 15 is 0 Å². The molecule has 4 heteroatoms. The van der Waals surface area contributed by atoms with E-state index in [0.29, 0.717) is 6.54 Å². The predicted octanol–water partition coefficient (Wildman–Crippen LogP) is 3.47. The van der Waals surface area contributed by atoms with Crippen molar-refractivity contribution in [2.45, 2.75) is 60.3 Å². The molecule has 0 aliphatic heterocycles. The average molecular weight is 367 g/mol. The zero-order valence-electron chi connectivity index (χ0n) is 17.2. The molecule has 2 unspecified atom stereocenters. The van der Waals surface area contributed by atoms with E-state index in [0.717, 1.165) is 22.3 Å². The maximum Gasteiger partial charge on any atom is 0.220 e. The van der Waals surface area contributed by atoms with Gasteiger partial charge in [0.15, 0.2) is 5.78 Å². The number of hydrogen-bond donors (Lipinski definition) is 1. The van der Waals surface area contributed by atoms with Crippen LogP contribution in [-0.4, -0.2) is 24.0 Å². The van der Waals surface area contributed by atoms with E-state index in [-0.39, 0.29) is 35.7 Å². The first-order valence-electron chi connectivity index (χ1n) is 9.40. The van der Waals surface area contributed by atoms with Gasteiger partial charge in [-0.3, -0.25) is 14.4 Å². The highest BCUT2D eigenvalue weighted by Crippen LogP contribution is 2.37. The third-order valence-electron chi connectivity index (χ3n) is 4.86. The first-order valence-corrected chi connectivity index (χ1v) is 9.40. The normalized spacial score (nSPS) is 19.6. The number of ketones is 2. The fourth-order valence-corrected chi connectivity index (χ4v) is 3.64. The molecule has 27 heavy (non-hydrogen) atoms. The van der Waals surface area contributed by atoms with Crippen molar-refractivity contribution >= 4 is 17.5 Å². The third-order valence-corrected chi connectivity index (χ3v) is 4.86. The summed E-state index contributed by atoms with van der Waals surface area (Å²) in [6.07, 6.45) is 0.219. The van der Waals surface area contributed by atoms with Gasteiger partial charge >= 0.3 is 0 Å². The van der Waals surface area contributed by atoms with Crippen LogP contribution in [0.3, 0.4) is 0 Å². The molecular weight excluding hydrogens is 338 g/mol. The Balaban J connectivity index is 2.19. The minimum absolute atomic E-state index is 0.0228. The van der Waals surface area contributed by atoms with Gasteiger partial charge in [0.1, 0.15) is 11.7 Å². The van der Waals surface area contributed by atoms with Crippen LogP contribution in [0.15, 0.2) is 12.1 Å². The maximum absolute atomic E-state index is 12.9. The molecule has 1 fully saturated rings. The lowest BCUT2D eigenvalue weighted by Gasteiger charge is -2.19. The molecule has 0 aromatic heterocycles. The van der Waals surface area contributed by atoms with E-state index in [1.54, 1.807) is 6.92 Å². The van der Waals surface area contributed by atoms with Crippen LogP contribution < -0.4 is 5.32 Å². The summed E-state index contributed by atoms with van der Waals surface area (Å²) in [6, 6.07) is 3.84. The van der Waals surface area contributed by atoms with Crippen LogP contribution in [0.25, 0.3) is 0 Å². The van der Waals surface area contributed by atoms with Gasteiger partial charge in [0.05, 0.1) is 0 Å². The van der Waals surface area contributed by atoms with Gasteiger partial charge in [-0.05, 0) is 55.0 Å². The van der Waals surface area contributed by atoms with E-state index < -0.39 is 11.8 Å². The van der Waals surface area contributed by atoms with Crippen LogP contribution in [0.4, 0.5) is 0 Å². The molecule has 1 N–H and O–H groups in total. The Morgan fingerprint density at radius 2 is 1.78 bits per heavy atom. The standard InChI is InChI=1S/C23H29NO3/c1-7-8-16-9-14(2)20(15(3)10-16)21-18(25)11-17(22(21)27)12-19(26)24-13-23(4,5)6/h9-10,17,21H,11-13H2,1-6H3,(H,24,26). The van der Waals surface area contributed by atoms with Gasteiger partial charge in [0.2, 0.25) is 5.91 Å². The van der Waals surface area contributed by atoms with Crippen LogP contribution >= 0.6 is 0 Å². The highest BCUT2D eigenvalue weighted by atomic mass is 16.2. The average Bonchev–Trinajstić information content (AvgIpc) is 2.80. The number of hydrogen-bond acceptors (Lipinski definition) is 3. The summed E-state index contributed by atoms with van der Waals surface area (Å²) < 4.78 is 0. The smallest absolute Gasteiger partial charge is 0.220 e. The largest absolute Gasteiger partial charge is 0.356 e. The zero-order chi connectivity index (χ0) is 20.4. The molecule has 1 aromatic rings. The van der Waals surface area contributed by atoms with Crippen LogP contribution in [0, 0.1) is 37.0 Å². The van der Waals surface area contributed by atoms with Crippen molar-refractivity contribution in [2.75, 3.05) is 6.54 Å². The molecule has 144 valence electrons. The fraction of sp³-hybridized carbons (Fsp3) is 0.522. The first kappa shape index (κ1) is 20.9. The van der Waals surface area contributed by atoms with Crippen molar-refractivity contribution < 1.29 is 14.4 Å². The van der Waals surface area contributed by atoms with Gasteiger partial charge in [-0.15, -0.1) is 5.92 Å². The van der Waals surface area contributed by atoms with Crippen LogP contribution in [-0.2, 0) is 14.4 Å². The monoisotopic (exact) mass is 367 g/mol. The predicted molar refractivity (Wildman–Crippen MR) is 106 cm³/mol. The summed E-state index contributed by atoms with van der Waals surface area (Å²) in [4.78, 5) is 37.8. The topological polar surface area (TPSA) is 63.2 Å². The Hall–Kier alpha value is -2.41. The van der Waals surface area contributed by atoms with Gasteiger partial charge < -0.3 is 5.32 Å². The molecule has 0 saturated heterocycles. The van der Waals surface area contributed by atoms with Crippen LogP contribution in [0.1, 0.15) is 68.7 Å². The van der Waals surface area contributed by atoms with Crippen molar-refractivity contribution in [1.82, 2.24) is 5.32 Å². The Kier molecular flexibility index (Phi) is 6.26. The molecule has 0 heterocycles. The van der Waals surface area contributed by atoms with E-state index in [2.05, 4.69) is 17.2 Å². The van der Waals surface area contributed by atoms with Gasteiger partial charge in [0.25, 0.3) is 0 Å². The van der Waals surface area contributed by atoms with E-state index in [1.807, 2.05) is 46.8 Å². The fourth-order valence-electron chi connectivity index (χ4n) is 3.64. The van der Waals surface area contributed by atoms with Gasteiger partial charge in [-0.25, -0.2) is 0 Å². The highest BCUT2D eigenvalue weighted by molar-refractivity contribution is 6.15. The molecule has 1 aliphatic carbocycles. The van der Waals surface area contributed by atoms with Gasteiger partial charge in [-0.2, -0.15) is 0 Å². The lowest BCUT2D eigenvalue weighted by atomic mass is 9.86. The lowest BCUT2D eigenvalue weighted by molar-refractivity contribution is -0.128. The molecular formula is C23H29NO3. The summed E-state index contributed by atoms with van der Waals surface area (Å²) in [5.74, 6) is 4.21. The number of nitrogens with one attached hydrogen (secondary N) is 1. The van der Waals surface area contributed by atoms with Crippen molar-refractivity contribution in [3.63, 3.8) is 0 Å². The minimum Gasteiger partial charge on any atom is -0.356 e. The molecule has 2 rings (SSSR count). The number of Topliss-reactive ketones (excluding diaryl/α,β-unsaturated/α-hetero) is 2. The second-order valence-electron chi connectivity index (χ2n) is 8.64. The lowest BCUT2D eigenvalue weighted by Crippen LogP contribution is -2.34. The number of carbonyl (C=O) groups excluding carboxylic acids is 3. The van der Waals surface area contributed by atoms with Crippen molar-refractivity contribution in [3.8, 4) is 11.8 Å². The summed E-state index contributed by atoms with van der Waals surface area (Å²) in [7, 11) is 0. The second-order valence-corrected chi connectivity index (χ2v) is 8.64. The summed E-state index contributed by atoms with van der Waals surface area (Å²) in [5, 5.41) is 2.87. The third kappa shape index (κ3) is 5.07. The molecule has 4 nitrogen and oxygen atoms in total. The molecule has 1 aromatic carbocycles. The number of benzene rings is 1. The van der Waals surface area contributed by atoms with Gasteiger partial charge in [-0.1, -0.05) is 26.7 Å². The van der Waals surface area contributed by atoms with Crippen molar-refractivity contribution in [2.24, 2.45) is 11.3 Å². The van der Waals surface area contributed by atoms with Crippen LogP contribution in [0.2, 0.25) is 0 Å². The van der Waals surface area contributed by atoms with Gasteiger partial charge in [0, 0.05) is 30.9 Å². The van der Waals surface area contributed by atoms with E-state index in [1.165, 1.54) is 0 Å². The second kappa shape index (κ2) is 8.08. The molecule has 0 radical (unpaired) electrons. The molecule has 0 bridgehead atoms. The zero-order valence-corrected chi connectivity index (χ0v) is 17.2. The highest BCUT2D eigenvalue weighted by Gasteiger charge is 2.43. The summed E-state index contributed by atoms with van der Waals surface area (Å²) in [6.45, 7) is 12.2. The number of rotatable bonds is 4. The number of aryl methyl sites for hydroxylation is 2. The molecule has 1 aliphatic rings. The number of amides is 1. The Bertz CT molecular complexity index is 810. The molecule has 0 spiro atoms. The quantitative estimate of drug-likeness (QED) is 0.655. The molecule has 1 amide bonds.